The van der Waals surface area contributed by atoms with Crippen molar-refractivity contribution in [1.29, 1.82) is 0 Å². The number of benzene rings is 2. The second kappa shape index (κ2) is 10.5. The third-order valence-electron chi connectivity index (χ3n) is 6.29. The number of imide groups is 1. The summed E-state index contributed by atoms with van der Waals surface area (Å²) in [7, 11) is 0. The van der Waals surface area contributed by atoms with Crippen molar-refractivity contribution in [3.63, 3.8) is 0 Å². The van der Waals surface area contributed by atoms with Gasteiger partial charge in [0, 0.05) is 46.2 Å². The smallest absolute Gasteiger partial charge is 0.293 e. The Morgan fingerprint density at radius 2 is 1.62 bits per heavy atom. The van der Waals surface area contributed by atoms with Gasteiger partial charge in [-0.25, -0.2) is 4.39 Å². The second-order valence-electron chi connectivity index (χ2n) is 8.95. The van der Waals surface area contributed by atoms with Gasteiger partial charge in [0.2, 0.25) is 5.78 Å². The van der Waals surface area contributed by atoms with Crippen molar-refractivity contribution >= 4 is 40.8 Å². The van der Waals surface area contributed by atoms with E-state index < -0.39 is 23.4 Å². The number of Topliss-reactive ketones (excluding diaryl/α,β-unsaturated/α-hetero) is 1. The fraction of sp³-hybridized carbons (Fsp3) is 0.400. The first-order chi connectivity index (χ1) is 16.2. The molecule has 2 amide bonds. The molecule has 0 spiro atoms. The molecule has 0 aromatic heterocycles. The number of hydrogen-bond acceptors (Lipinski definition) is 5. The Morgan fingerprint density at radius 3 is 2.21 bits per heavy atom. The maximum Gasteiger partial charge on any atom is 0.293 e. The minimum atomic E-state index is -1.04. The number of halogens is 3. The van der Waals surface area contributed by atoms with Crippen LogP contribution in [0.2, 0.25) is 10.0 Å². The lowest BCUT2D eigenvalue weighted by molar-refractivity contribution is -0.136. The fourth-order valence-electron chi connectivity index (χ4n) is 4.22. The number of carbonyl (C=O) groups excluding carboxylic acids is 3. The fourth-order valence-corrected chi connectivity index (χ4v) is 4.54. The Kier molecular flexibility index (Phi) is 7.67. The van der Waals surface area contributed by atoms with Crippen LogP contribution < -0.4 is 5.32 Å². The number of rotatable bonds is 7. The normalized spacial score (nSPS) is 16.9. The molecule has 4 rings (SSSR count). The van der Waals surface area contributed by atoms with Crippen LogP contribution in [0.5, 0.6) is 0 Å². The van der Waals surface area contributed by atoms with Crippen LogP contribution in [-0.2, 0) is 22.7 Å². The molecule has 2 aromatic carbocycles. The quantitative estimate of drug-likeness (QED) is 0.571. The molecule has 1 aliphatic carbocycles. The van der Waals surface area contributed by atoms with Gasteiger partial charge in [0.1, 0.15) is 5.82 Å². The molecule has 2 aliphatic rings. The Bertz CT molecular complexity index is 1130. The number of amides is 2. The van der Waals surface area contributed by atoms with Crippen molar-refractivity contribution in [2.75, 3.05) is 26.2 Å². The van der Waals surface area contributed by atoms with Gasteiger partial charge in [-0.1, -0.05) is 29.3 Å². The third-order valence-corrected chi connectivity index (χ3v) is 7.03. The Labute approximate surface area is 208 Å². The van der Waals surface area contributed by atoms with E-state index in [1.165, 1.54) is 6.07 Å². The molecule has 0 radical (unpaired) electrons. The lowest BCUT2D eigenvalue weighted by Crippen LogP contribution is -2.45. The summed E-state index contributed by atoms with van der Waals surface area (Å²) >= 11 is 12.1. The molecule has 180 valence electrons. The Morgan fingerprint density at radius 1 is 0.971 bits per heavy atom. The van der Waals surface area contributed by atoms with E-state index in [1.807, 2.05) is 23.5 Å². The molecule has 1 saturated heterocycles. The highest BCUT2D eigenvalue weighted by Gasteiger charge is 2.30. The van der Waals surface area contributed by atoms with E-state index >= 15 is 0 Å². The SMILES string of the molecule is CC(=O)C(=O)NC(=O)c1cc(C2CC2)c(CN2CCN(Cc3ccc(Cl)c(Cl)c3)CC2)cc1F. The predicted octanol–water partition coefficient (Wildman–Crippen LogP) is 4.17. The summed E-state index contributed by atoms with van der Waals surface area (Å²) in [5.41, 5.74) is 2.72. The molecule has 0 bridgehead atoms. The van der Waals surface area contributed by atoms with Crippen molar-refractivity contribution in [3.8, 4) is 0 Å². The molecule has 34 heavy (non-hydrogen) atoms. The molecule has 9 heteroatoms. The zero-order valence-corrected chi connectivity index (χ0v) is 20.4. The van der Waals surface area contributed by atoms with E-state index in [0.717, 1.165) is 69.2 Å². The monoisotopic (exact) mass is 505 g/mol. The van der Waals surface area contributed by atoms with E-state index in [0.29, 0.717) is 22.5 Å². The van der Waals surface area contributed by atoms with Crippen LogP contribution in [0.1, 0.15) is 52.7 Å². The van der Waals surface area contributed by atoms with Crippen LogP contribution in [0.25, 0.3) is 0 Å². The zero-order chi connectivity index (χ0) is 24.4. The molecule has 1 aliphatic heterocycles. The largest absolute Gasteiger partial charge is 0.297 e. The van der Waals surface area contributed by atoms with Gasteiger partial charge in [0.25, 0.3) is 11.8 Å². The molecule has 0 atom stereocenters. The van der Waals surface area contributed by atoms with Crippen LogP contribution in [0.3, 0.4) is 0 Å². The molecule has 0 unspecified atom stereocenters. The first-order valence-corrected chi connectivity index (χ1v) is 12.0. The molecule has 2 aromatic rings. The number of carbonyl (C=O) groups is 3. The Hall–Kier alpha value is -2.32. The first kappa shape index (κ1) is 24.8. The van der Waals surface area contributed by atoms with Gasteiger partial charge in [-0.15, -0.1) is 0 Å². The minimum Gasteiger partial charge on any atom is -0.297 e. The first-order valence-electron chi connectivity index (χ1n) is 11.3. The van der Waals surface area contributed by atoms with Gasteiger partial charge >= 0.3 is 0 Å². The molecular weight excluding hydrogens is 480 g/mol. The van der Waals surface area contributed by atoms with Crippen LogP contribution in [0.15, 0.2) is 30.3 Å². The van der Waals surface area contributed by atoms with Crippen molar-refractivity contribution in [1.82, 2.24) is 15.1 Å². The summed E-state index contributed by atoms with van der Waals surface area (Å²) in [5.74, 6) is -3.12. The zero-order valence-electron chi connectivity index (χ0n) is 18.9. The van der Waals surface area contributed by atoms with E-state index in [1.54, 1.807) is 6.07 Å². The number of nitrogens with zero attached hydrogens (tertiary/aromatic N) is 2. The van der Waals surface area contributed by atoms with Crippen LogP contribution in [0, 0.1) is 5.82 Å². The lowest BCUT2D eigenvalue weighted by atomic mass is 9.98. The number of hydrogen-bond donors (Lipinski definition) is 1. The van der Waals surface area contributed by atoms with E-state index in [4.69, 9.17) is 23.2 Å². The average Bonchev–Trinajstić information content (AvgIpc) is 3.63. The number of ketones is 1. The maximum absolute atomic E-state index is 14.8. The van der Waals surface area contributed by atoms with Crippen molar-refractivity contribution in [2.45, 2.75) is 38.8 Å². The highest BCUT2D eigenvalue weighted by Crippen LogP contribution is 2.42. The standard InChI is InChI=1S/C25H26Cl2FN3O3/c1-15(32)24(33)29-25(34)20-12-19(17-3-4-17)18(11-23(20)28)14-31-8-6-30(7-9-31)13-16-2-5-21(26)22(27)10-16/h2,5,10-12,17H,3-4,6-9,13-14H2,1H3,(H,29,33,34). The van der Waals surface area contributed by atoms with Gasteiger partial charge in [-0.3, -0.25) is 29.5 Å². The van der Waals surface area contributed by atoms with Gasteiger partial charge in [-0.2, -0.15) is 0 Å². The molecule has 6 nitrogen and oxygen atoms in total. The summed E-state index contributed by atoms with van der Waals surface area (Å²) in [5, 5.41) is 3.05. The lowest BCUT2D eigenvalue weighted by Gasteiger charge is -2.35. The highest BCUT2D eigenvalue weighted by molar-refractivity contribution is 6.42. The summed E-state index contributed by atoms with van der Waals surface area (Å²) in [6, 6.07) is 8.63. The average molecular weight is 506 g/mol. The maximum atomic E-state index is 14.8. The topological polar surface area (TPSA) is 69.7 Å². The van der Waals surface area contributed by atoms with E-state index in [-0.39, 0.29) is 5.56 Å². The van der Waals surface area contributed by atoms with Crippen LogP contribution in [-0.4, -0.2) is 53.6 Å². The summed E-state index contributed by atoms with van der Waals surface area (Å²) in [6.07, 6.45) is 1.98. The van der Waals surface area contributed by atoms with Gasteiger partial charge < -0.3 is 0 Å². The summed E-state index contributed by atoms with van der Waals surface area (Å²) in [6.45, 7) is 5.85. The van der Waals surface area contributed by atoms with Crippen molar-refractivity contribution in [3.05, 3.63) is 68.4 Å². The number of piperazine rings is 1. The molecular formula is C25H26Cl2FN3O3. The summed E-state index contributed by atoms with van der Waals surface area (Å²) in [4.78, 5) is 39.7. The van der Waals surface area contributed by atoms with Gasteiger partial charge in [0.05, 0.1) is 15.6 Å². The molecule has 1 heterocycles. The third kappa shape index (κ3) is 6.02. The van der Waals surface area contributed by atoms with E-state index in [9.17, 15) is 18.8 Å². The van der Waals surface area contributed by atoms with Crippen molar-refractivity contribution in [2.24, 2.45) is 0 Å². The predicted molar refractivity (Wildman–Crippen MR) is 129 cm³/mol. The number of nitrogens with one attached hydrogen (secondary N) is 1. The highest BCUT2D eigenvalue weighted by atomic mass is 35.5. The molecule has 1 saturated carbocycles. The molecule has 1 N–H and O–H groups in total. The van der Waals surface area contributed by atoms with Gasteiger partial charge in [-0.05, 0) is 59.7 Å². The van der Waals surface area contributed by atoms with Gasteiger partial charge in [0.15, 0.2) is 0 Å². The van der Waals surface area contributed by atoms with E-state index in [2.05, 4.69) is 9.80 Å². The Balaban J connectivity index is 1.40. The second-order valence-corrected chi connectivity index (χ2v) is 9.76. The van der Waals surface area contributed by atoms with Crippen molar-refractivity contribution < 1.29 is 18.8 Å². The van der Waals surface area contributed by atoms with Crippen LogP contribution >= 0.6 is 23.2 Å². The minimum absolute atomic E-state index is 0.202. The summed E-state index contributed by atoms with van der Waals surface area (Å²) < 4.78 is 14.8. The van der Waals surface area contributed by atoms with Crippen LogP contribution in [0.4, 0.5) is 4.39 Å². The molecule has 2 fully saturated rings.